The zero-order valence-electron chi connectivity index (χ0n) is 16.7. The molecule has 1 N–H and O–H groups in total. The molecule has 1 fully saturated rings. The van der Waals surface area contributed by atoms with Crippen molar-refractivity contribution < 1.29 is 23.1 Å². The number of rotatable bonds is 6. The highest BCUT2D eigenvalue weighted by atomic mass is 32.2. The van der Waals surface area contributed by atoms with E-state index in [-0.39, 0.29) is 11.4 Å². The molecular formula is C21H25NO5S2. The van der Waals surface area contributed by atoms with E-state index < -0.39 is 26.8 Å². The molecule has 3 rings (SSSR count). The third-order valence-corrected chi connectivity index (χ3v) is 8.14. The molecule has 0 aromatic heterocycles. The van der Waals surface area contributed by atoms with Crippen molar-refractivity contribution in [1.29, 1.82) is 0 Å². The molecule has 8 heteroatoms. The van der Waals surface area contributed by atoms with Crippen molar-refractivity contribution in [2.24, 2.45) is 0 Å². The number of hydrogen-bond acceptors (Lipinski definition) is 5. The van der Waals surface area contributed by atoms with E-state index in [0.717, 1.165) is 21.2 Å². The average molecular weight is 436 g/mol. The van der Waals surface area contributed by atoms with Gasteiger partial charge in [-0.3, -0.25) is 4.79 Å². The Morgan fingerprint density at radius 3 is 2.52 bits per heavy atom. The topological polar surface area (TPSA) is 83.9 Å². The quantitative estimate of drug-likeness (QED) is 0.744. The van der Waals surface area contributed by atoms with Gasteiger partial charge >= 0.3 is 5.97 Å². The molecule has 0 saturated carbocycles. The maximum Gasteiger partial charge on any atom is 0.323 e. The summed E-state index contributed by atoms with van der Waals surface area (Å²) in [6.45, 7) is 6.19. The van der Waals surface area contributed by atoms with Crippen molar-refractivity contribution >= 4 is 27.8 Å². The molecule has 2 aromatic rings. The first kappa shape index (κ1) is 21.7. The summed E-state index contributed by atoms with van der Waals surface area (Å²) >= 11 is 1.48. The number of carboxylic acid groups (broad SMARTS) is 1. The van der Waals surface area contributed by atoms with E-state index in [1.54, 1.807) is 26.0 Å². The molecule has 1 aliphatic rings. The second-order valence-electron chi connectivity index (χ2n) is 7.29. The minimum Gasteiger partial charge on any atom is -0.494 e. The Hall–Kier alpha value is -2.03. The second kappa shape index (κ2) is 8.38. The van der Waals surface area contributed by atoms with Gasteiger partial charge in [0.1, 0.15) is 11.8 Å². The Labute approximate surface area is 175 Å². The lowest BCUT2D eigenvalue weighted by atomic mass is 10.0. The summed E-state index contributed by atoms with van der Waals surface area (Å²) in [6, 6.07) is 13.0. The molecule has 0 amide bonds. The van der Waals surface area contributed by atoms with Crippen LogP contribution in [0, 0.1) is 0 Å². The molecule has 1 unspecified atom stereocenters. The van der Waals surface area contributed by atoms with Crippen LogP contribution in [0.3, 0.4) is 0 Å². The Morgan fingerprint density at radius 2 is 1.90 bits per heavy atom. The van der Waals surface area contributed by atoms with Crippen LogP contribution < -0.4 is 4.74 Å². The number of carboxylic acids is 1. The number of aliphatic carboxylic acids is 1. The molecule has 0 spiro atoms. The molecule has 1 saturated heterocycles. The highest BCUT2D eigenvalue weighted by Crippen LogP contribution is 2.38. The molecule has 1 atom stereocenters. The number of carbonyl (C=O) groups is 1. The Morgan fingerprint density at radius 1 is 1.21 bits per heavy atom. The zero-order chi connectivity index (χ0) is 21.2. The van der Waals surface area contributed by atoms with Crippen LogP contribution in [0.4, 0.5) is 0 Å². The van der Waals surface area contributed by atoms with Crippen LogP contribution in [0.5, 0.6) is 5.75 Å². The first-order valence-corrected chi connectivity index (χ1v) is 11.8. The van der Waals surface area contributed by atoms with E-state index in [1.807, 2.05) is 31.2 Å². The maximum absolute atomic E-state index is 13.2. The zero-order valence-corrected chi connectivity index (χ0v) is 18.3. The van der Waals surface area contributed by atoms with Gasteiger partial charge in [0, 0.05) is 17.0 Å². The van der Waals surface area contributed by atoms with E-state index in [0.29, 0.717) is 12.4 Å². The molecule has 156 valence electrons. The monoisotopic (exact) mass is 435 g/mol. The Balaban J connectivity index is 1.92. The third-order valence-electron chi connectivity index (χ3n) is 4.91. The summed E-state index contributed by atoms with van der Waals surface area (Å²) in [4.78, 5) is 11.9. The summed E-state index contributed by atoms with van der Waals surface area (Å²) in [5.74, 6) is 0.173. The van der Waals surface area contributed by atoms with Crippen LogP contribution in [0.15, 0.2) is 53.4 Å². The van der Waals surface area contributed by atoms with Crippen molar-refractivity contribution in [2.45, 2.75) is 36.5 Å². The molecular weight excluding hydrogens is 410 g/mol. The molecule has 0 aliphatic carbocycles. The lowest BCUT2D eigenvalue weighted by molar-refractivity contribution is -0.142. The highest BCUT2D eigenvalue weighted by molar-refractivity contribution is 8.00. The number of benzene rings is 2. The van der Waals surface area contributed by atoms with Gasteiger partial charge in [-0.1, -0.05) is 24.3 Å². The van der Waals surface area contributed by atoms with Crippen LogP contribution in [-0.2, 0) is 14.8 Å². The fourth-order valence-electron chi connectivity index (χ4n) is 3.52. The Bertz CT molecular complexity index is 986. The van der Waals surface area contributed by atoms with Crippen molar-refractivity contribution in [1.82, 2.24) is 4.31 Å². The van der Waals surface area contributed by atoms with Gasteiger partial charge in [0.15, 0.2) is 0 Å². The minimum absolute atomic E-state index is 0.0937. The van der Waals surface area contributed by atoms with Crippen LogP contribution >= 0.6 is 11.8 Å². The first-order valence-electron chi connectivity index (χ1n) is 9.38. The van der Waals surface area contributed by atoms with Gasteiger partial charge in [-0.15, -0.1) is 0 Å². The molecule has 6 nitrogen and oxygen atoms in total. The van der Waals surface area contributed by atoms with Crippen molar-refractivity contribution in [2.75, 3.05) is 18.9 Å². The van der Waals surface area contributed by atoms with Gasteiger partial charge in [0.25, 0.3) is 0 Å². The molecule has 1 heterocycles. The van der Waals surface area contributed by atoms with Gasteiger partial charge < -0.3 is 9.84 Å². The fourth-order valence-corrected chi connectivity index (χ4v) is 6.62. The number of hydrogen-bond donors (Lipinski definition) is 1. The van der Waals surface area contributed by atoms with E-state index in [1.165, 1.54) is 23.9 Å². The van der Waals surface area contributed by atoms with Crippen molar-refractivity contribution in [3.63, 3.8) is 0 Å². The molecule has 0 radical (unpaired) electrons. The third kappa shape index (κ3) is 4.44. The minimum atomic E-state index is -3.93. The lowest BCUT2D eigenvalue weighted by Crippen LogP contribution is -2.58. The molecule has 1 aliphatic heterocycles. The van der Waals surface area contributed by atoms with E-state index in [2.05, 4.69) is 0 Å². The van der Waals surface area contributed by atoms with Crippen LogP contribution in [0.25, 0.3) is 11.1 Å². The van der Waals surface area contributed by atoms with Gasteiger partial charge in [-0.05, 0) is 56.2 Å². The predicted octanol–water partition coefficient (Wildman–Crippen LogP) is 3.72. The highest BCUT2D eigenvalue weighted by Gasteiger charge is 2.48. The number of sulfonamides is 1. The number of nitrogens with zero attached hydrogens (tertiary/aromatic N) is 1. The van der Waals surface area contributed by atoms with E-state index >= 15 is 0 Å². The van der Waals surface area contributed by atoms with Gasteiger partial charge in [-0.2, -0.15) is 16.1 Å². The summed E-state index contributed by atoms with van der Waals surface area (Å²) in [6.07, 6.45) is 0. The van der Waals surface area contributed by atoms with Gasteiger partial charge in [-0.25, -0.2) is 8.42 Å². The normalized spacial score (nSPS) is 19.6. The summed E-state index contributed by atoms with van der Waals surface area (Å²) in [7, 11) is -3.93. The number of ether oxygens (including phenoxy) is 1. The summed E-state index contributed by atoms with van der Waals surface area (Å²) in [5.41, 5.74) is 1.77. The SMILES string of the molecule is CCOc1cccc(-c2ccc(S(=O)(=O)N3CCSC(C)(C)C3C(=O)O)cc2)c1. The second-order valence-corrected chi connectivity index (χ2v) is 10.9. The maximum atomic E-state index is 13.2. The standard InChI is InChI=1S/C21H25NO5S2/c1-4-27-17-7-5-6-16(14-17)15-8-10-18(11-9-15)29(25,26)22-12-13-28-21(2,3)19(22)20(23)24/h5-11,14,19H,4,12-13H2,1-3H3,(H,23,24). The van der Waals surface area contributed by atoms with Crippen molar-refractivity contribution in [3.8, 4) is 16.9 Å². The van der Waals surface area contributed by atoms with Gasteiger partial charge in [0.2, 0.25) is 10.0 Å². The largest absolute Gasteiger partial charge is 0.494 e. The van der Waals surface area contributed by atoms with Crippen LogP contribution in [0.2, 0.25) is 0 Å². The molecule has 2 aromatic carbocycles. The molecule has 0 bridgehead atoms. The smallest absolute Gasteiger partial charge is 0.323 e. The summed E-state index contributed by atoms with van der Waals surface area (Å²) < 4.78 is 32.3. The van der Waals surface area contributed by atoms with Crippen LogP contribution in [-0.4, -0.2) is 53.5 Å². The van der Waals surface area contributed by atoms with E-state index in [4.69, 9.17) is 4.74 Å². The van der Waals surface area contributed by atoms with Crippen LogP contribution in [0.1, 0.15) is 20.8 Å². The van der Waals surface area contributed by atoms with Crippen molar-refractivity contribution in [3.05, 3.63) is 48.5 Å². The summed E-state index contributed by atoms with van der Waals surface area (Å²) in [5, 5.41) is 9.69. The van der Waals surface area contributed by atoms with Gasteiger partial charge in [0.05, 0.1) is 11.5 Å². The number of thioether (sulfide) groups is 1. The lowest BCUT2D eigenvalue weighted by Gasteiger charge is -2.42. The average Bonchev–Trinajstić information content (AvgIpc) is 2.67. The van der Waals surface area contributed by atoms with E-state index in [9.17, 15) is 18.3 Å². The predicted molar refractivity (Wildman–Crippen MR) is 115 cm³/mol. The Kier molecular flexibility index (Phi) is 6.26. The fraction of sp³-hybridized carbons (Fsp3) is 0.381. The molecule has 29 heavy (non-hydrogen) atoms. The first-order chi connectivity index (χ1) is 13.7.